The number of phenols is 1. The Kier molecular flexibility index (Phi) is 20.8. The van der Waals surface area contributed by atoms with Gasteiger partial charge in [-0.05, 0) is 114 Å². The Labute approximate surface area is 594 Å². The molecule has 0 aromatic heterocycles. The van der Waals surface area contributed by atoms with E-state index in [0.717, 1.165) is 55.6 Å². The average Bonchev–Trinajstić information content (AvgIpc) is 0.909. The van der Waals surface area contributed by atoms with E-state index in [-0.39, 0.29) is 107 Å². The number of rotatable bonds is 21. The number of amides is 2. The summed E-state index contributed by atoms with van der Waals surface area (Å²) in [5, 5.41) is 40.0. The smallest absolute Gasteiger partial charge is 0.507 e. The lowest BCUT2D eigenvalue weighted by atomic mass is 9.71. The van der Waals surface area contributed by atoms with E-state index >= 15 is 0 Å². The Morgan fingerprint density at radius 2 is 1.03 bits per heavy atom. The molecular weight excluding hydrogens is 1300 g/mol. The summed E-state index contributed by atoms with van der Waals surface area (Å²) in [6.07, 6.45) is 4.38. The molecule has 3 N–H and O–H groups in total. The summed E-state index contributed by atoms with van der Waals surface area (Å²) in [4.78, 5) is 49.0. The number of nitriles is 2. The first-order chi connectivity index (χ1) is 49.5. The number of hydrogen-bond donors (Lipinski definition) is 3. The average molecular weight is 1390 g/mol. The summed E-state index contributed by atoms with van der Waals surface area (Å²) in [6, 6.07) is 25.7. The summed E-state index contributed by atoms with van der Waals surface area (Å²) in [5.41, 5.74) is 12.3. The van der Waals surface area contributed by atoms with E-state index in [1.165, 1.54) is 6.08 Å². The number of ether oxygens (including phenoxy) is 12. The molecule has 6 aromatic rings. The second-order valence-electron chi connectivity index (χ2n) is 27.1. The van der Waals surface area contributed by atoms with Crippen molar-refractivity contribution in [3.63, 3.8) is 0 Å². The fraction of sp³-hybridized carbons (Fsp3) is 0.449. The predicted octanol–water partition coefficient (Wildman–Crippen LogP) is 9.49. The summed E-state index contributed by atoms with van der Waals surface area (Å²) in [5.74, 6) is 4.75. The first kappa shape index (κ1) is 70.6. The maximum absolute atomic E-state index is 13.5. The number of likely N-dealkylation sites (N-methyl/N-ethyl adjacent to an activating group) is 2. The highest BCUT2D eigenvalue weighted by molar-refractivity contribution is 5.78. The molecule has 536 valence electrons. The molecule has 8 heterocycles. The van der Waals surface area contributed by atoms with Gasteiger partial charge in [-0.15, -0.1) is 0 Å². The molecule has 0 aliphatic carbocycles. The van der Waals surface area contributed by atoms with Crippen molar-refractivity contribution in [2.75, 3.05) is 89.4 Å². The van der Waals surface area contributed by atoms with Gasteiger partial charge in [0.05, 0.1) is 50.5 Å². The van der Waals surface area contributed by atoms with Crippen LogP contribution in [0.3, 0.4) is 0 Å². The number of fused-ring (bicyclic) bond motifs is 18. The Bertz CT molecular complexity index is 4290. The molecule has 2 saturated heterocycles. The molecule has 0 radical (unpaired) electrons. The highest BCUT2D eigenvalue weighted by Crippen LogP contribution is 2.61. The zero-order chi connectivity index (χ0) is 71.8. The molecule has 2 amide bonds. The van der Waals surface area contributed by atoms with Crippen molar-refractivity contribution in [3.05, 3.63) is 163 Å². The van der Waals surface area contributed by atoms with Crippen LogP contribution in [0.15, 0.2) is 85.5 Å². The van der Waals surface area contributed by atoms with Gasteiger partial charge in [-0.25, -0.2) is 4.79 Å². The van der Waals surface area contributed by atoms with Gasteiger partial charge in [-0.3, -0.25) is 29.2 Å². The van der Waals surface area contributed by atoms with Crippen molar-refractivity contribution in [1.29, 1.82) is 10.5 Å². The first-order valence-electron chi connectivity index (χ1n) is 34.6. The van der Waals surface area contributed by atoms with Gasteiger partial charge in [0.2, 0.25) is 25.4 Å². The summed E-state index contributed by atoms with van der Waals surface area (Å²) in [7, 11) is 10.5. The molecule has 8 aliphatic rings. The van der Waals surface area contributed by atoms with Crippen LogP contribution in [-0.4, -0.2) is 168 Å². The second-order valence-corrected chi connectivity index (χ2v) is 27.1. The number of methoxy groups -OCH3 is 4. The largest absolute Gasteiger partial charge is 0.514 e. The number of carbonyl (C=O) groups excluding carboxylic acids is 3. The number of carbonyl (C=O) groups is 3. The molecule has 102 heavy (non-hydrogen) atoms. The van der Waals surface area contributed by atoms with E-state index in [1.807, 2.05) is 95.4 Å². The van der Waals surface area contributed by atoms with Crippen molar-refractivity contribution < 1.29 is 76.3 Å². The molecule has 0 spiro atoms. The van der Waals surface area contributed by atoms with Crippen LogP contribution in [0, 0.1) is 50.4 Å². The minimum absolute atomic E-state index is 0.00919. The lowest BCUT2D eigenvalue weighted by molar-refractivity contribution is -0.123. The molecule has 2 unspecified atom stereocenters. The molecule has 24 heteroatoms. The van der Waals surface area contributed by atoms with Crippen molar-refractivity contribution in [1.82, 2.24) is 30.2 Å². The van der Waals surface area contributed by atoms with Crippen LogP contribution in [0.2, 0.25) is 0 Å². The molecule has 24 nitrogen and oxygen atoms in total. The Morgan fingerprint density at radius 3 is 1.47 bits per heavy atom. The van der Waals surface area contributed by atoms with Crippen LogP contribution in [0.1, 0.15) is 115 Å². The van der Waals surface area contributed by atoms with Crippen LogP contribution in [0.4, 0.5) is 4.79 Å². The lowest BCUT2D eigenvalue weighted by Gasteiger charge is -2.60. The van der Waals surface area contributed by atoms with E-state index in [9.17, 15) is 30.0 Å². The fourth-order valence-electron chi connectivity index (χ4n) is 17.3. The third-order valence-corrected chi connectivity index (χ3v) is 21.6. The van der Waals surface area contributed by atoms with E-state index in [2.05, 4.69) is 68.1 Å². The molecular formula is C78H88N8O16. The molecule has 10 atom stereocenters. The number of aromatic hydroxyl groups is 1. The van der Waals surface area contributed by atoms with E-state index in [0.29, 0.717) is 119 Å². The number of piperazine rings is 2. The van der Waals surface area contributed by atoms with Gasteiger partial charge < -0.3 is 72.6 Å². The van der Waals surface area contributed by atoms with Crippen molar-refractivity contribution >= 4 is 18.0 Å². The predicted molar refractivity (Wildman–Crippen MR) is 373 cm³/mol. The maximum Gasteiger partial charge on any atom is 0.514 e. The topological polar surface area (TPSA) is 267 Å². The number of phenolic OH excluding ortho intramolecular Hbond substituents is 1. The maximum atomic E-state index is 13.5. The molecule has 2 fully saturated rings. The van der Waals surface area contributed by atoms with Crippen LogP contribution in [0.5, 0.6) is 57.5 Å². The van der Waals surface area contributed by atoms with Gasteiger partial charge in [-0.1, -0.05) is 85.5 Å². The Morgan fingerprint density at radius 1 is 0.588 bits per heavy atom. The van der Waals surface area contributed by atoms with Crippen molar-refractivity contribution in [3.8, 4) is 69.6 Å². The fourth-order valence-corrected chi connectivity index (χ4v) is 17.3. The van der Waals surface area contributed by atoms with E-state index in [1.54, 1.807) is 28.4 Å². The van der Waals surface area contributed by atoms with Crippen molar-refractivity contribution in [2.45, 2.75) is 139 Å². The molecule has 0 saturated carbocycles. The van der Waals surface area contributed by atoms with Gasteiger partial charge >= 0.3 is 6.16 Å². The van der Waals surface area contributed by atoms with E-state index < -0.39 is 30.3 Å². The van der Waals surface area contributed by atoms with Crippen LogP contribution in [0.25, 0.3) is 0 Å². The summed E-state index contributed by atoms with van der Waals surface area (Å²) >= 11 is 0. The summed E-state index contributed by atoms with van der Waals surface area (Å²) < 4.78 is 70.5. The first-order valence-corrected chi connectivity index (χ1v) is 34.6. The number of nitrogens with one attached hydrogen (secondary N) is 2. The van der Waals surface area contributed by atoms with Gasteiger partial charge in [0, 0.05) is 109 Å². The second kappa shape index (κ2) is 30.0. The lowest BCUT2D eigenvalue weighted by Crippen LogP contribution is -2.68. The number of aryl methyl sites for hydroxylation is 4. The number of benzene rings is 6. The highest BCUT2D eigenvalue weighted by Gasteiger charge is 2.59. The highest BCUT2D eigenvalue weighted by atomic mass is 16.7. The SMILES string of the molecule is C=CCOC(=O)Oc1c(C)c2c(c3c1CC1[C@H]4c5c(cc(C)c(OC)c5OCOC)C[C@@H]([C@H](C#N)N1[C@H]3CNC(=O)CCc1ccccc1)N4C)OCO2.COCOc1c(OC)c(C)cc2c1[C@@H]1C3Cc4c(O)c(C)c5c(c4[C@H](CNC(=O)CCc4ccccc4)N3[C@@H](C#N)[C@H](C2)N1C)OCO5. The van der Waals surface area contributed by atoms with Crippen LogP contribution >= 0.6 is 0 Å². The quantitative estimate of drug-likeness (QED) is 0.0262. The van der Waals surface area contributed by atoms with Gasteiger partial charge in [0.15, 0.2) is 59.6 Å². The normalized spacial score (nSPS) is 22.9. The summed E-state index contributed by atoms with van der Waals surface area (Å²) in [6.45, 7) is 11.7. The number of hydrogen-bond acceptors (Lipinski definition) is 22. The number of nitrogens with zero attached hydrogens (tertiary/aromatic N) is 6. The molecule has 8 aliphatic heterocycles. The molecule has 6 aromatic carbocycles. The minimum atomic E-state index is -0.888. The van der Waals surface area contributed by atoms with Gasteiger partial charge in [-0.2, -0.15) is 10.5 Å². The third-order valence-electron chi connectivity index (χ3n) is 21.6. The minimum Gasteiger partial charge on any atom is -0.507 e. The Balaban J connectivity index is 0.000000183. The molecule has 4 bridgehead atoms. The van der Waals surface area contributed by atoms with Crippen LogP contribution < -0.4 is 53.3 Å². The van der Waals surface area contributed by atoms with Gasteiger partial charge in [0.1, 0.15) is 30.2 Å². The van der Waals surface area contributed by atoms with E-state index in [4.69, 9.17) is 56.8 Å². The zero-order valence-corrected chi connectivity index (χ0v) is 59.3. The van der Waals surface area contributed by atoms with Crippen LogP contribution in [-0.2, 0) is 62.3 Å². The molecule has 14 rings (SSSR count). The Hall–Kier alpha value is -9.79. The monoisotopic (exact) mass is 1390 g/mol. The van der Waals surface area contributed by atoms with Crippen molar-refractivity contribution in [2.24, 2.45) is 0 Å². The standard InChI is InChI=1S/C41H46N4O9.C37H42N4O7/c1-7-15-50-41(47)54-37-24(3)38-40(53-22-52-38)34-27(37)18-29-35-33-26(16-23(2)36(49-6)39(33)51-21-48-5)17-28(44(35)4)30(19-42)45(29)31(34)20-43-32(46)14-13-25-11-9-8-10-12-25;1-20-13-23-14-25-27(16-38)41-26(32(40(25)3)30(23)36(34(20)45-5)46-18-44-4)15-24-31(37-35(47-19-48-37)21(2)33(24)43)28(41)17-39-29(42)12-11-22-9-7-6-8-10-22/h7-12,16,28-31,35H,1,13-15,17-18,20-22H2,2-6H3,(H,43,46);6-10,13,25-28,32,43H,11-12,14-15,17-19H2,1-5H3,(H,39,42)/t28-,29?,30-,31-,35-;25-,26?,27-,28-,32-/m00/s1. The van der Waals surface area contributed by atoms with Gasteiger partial charge in [0.25, 0.3) is 0 Å². The third kappa shape index (κ3) is 12.7. The zero-order valence-electron chi connectivity index (χ0n) is 59.3.